The van der Waals surface area contributed by atoms with Crippen molar-refractivity contribution in [3.8, 4) is 0 Å². The first-order valence-electron chi connectivity index (χ1n) is 4.62. The molecule has 0 aliphatic carbocycles. The number of aliphatic hydroxyl groups excluding tert-OH is 2. The van der Waals surface area contributed by atoms with Crippen LogP contribution in [0.25, 0.3) is 0 Å². The average Bonchev–Trinajstić information content (AvgIpc) is 2.17. The summed E-state index contributed by atoms with van der Waals surface area (Å²) in [6.45, 7) is 0.185. The number of nitrogens with one attached hydrogen (secondary N) is 1. The number of hydrogen-bond donors (Lipinski definition) is 4. The summed E-state index contributed by atoms with van der Waals surface area (Å²) >= 11 is 0. The van der Waals surface area contributed by atoms with Gasteiger partial charge in [0.25, 0.3) is 0 Å². The maximum Gasteiger partial charge on any atom is 0.131 e. The molecule has 1 aromatic rings. The second kappa shape index (κ2) is 5.06. The van der Waals surface area contributed by atoms with E-state index in [0.29, 0.717) is 0 Å². The first-order valence-corrected chi connectivity index (χ1v) is 4.62. The van der Waals surface area contributed by atoms with E-state index in [9.17, 15) is 14.6 Å². The van der Waals surface area contributed by atoms with Crippen LogP contribution >= 0.6 is 0 Å². The lowest BCUT2D eigenvalue weighted by molar-refractivity contribution is 0.0181. The van der Waals surface area contributed by atoms with Crippen LogP contribution in [0.5, 0.6) is 0 Å². The van der Waals surface area contributed by atoms with E-state index >= 15 is 0 Å². The van der Waals surface area contributed by atoms with Crippen molar-refractivity contribution in [1.29, 1.82) is 0 Å². The second-order valence-corrected chi connectivity index (χ2v) is 3.35. The second-order valence-electron chi connectivity index (χ2n) is 3.35. The van der Waals surface area contributed by atoms with Crippen LogP contribution < -0.4 is 11.1 Å². The van der Waals surface area contributed by atoms with Crippen LogP contribution in [-0.4, -0.2) is 29.9 Å². The molecule has 0 amide bonds. The Morgan fingerprint density at radius 1 is 1.47 bits per heavy atom. The van der Waals surface area contributed by atoms with Crippen LogP contribution in [0.2, 0.25) is 0 Å². The molecule has 0 bridgehead atoms. The number of hydrogen-bond acceptors (Lipinski definition) is 4. The van der Waals surface area contributed by atoms with E-state index in [1.807, 2.05) is 0 Å². The van der Waals surface area contributed by atoms with Crippen molar-refractivity contribution in [2.24, 2.45) is 0 Å². The average molecular weight is 214 g/mol. The highest BCUT2D eigenvalue weighted by molar-refractivity contribution is 5.41. The van der Waals surface area contributed by atoms with E-state index in [2.05, 4.69) is 5.32 Å². The molecule has 0 aliphatic rings. The summed E-state index contributed by atoms with van der Waals surface area (Å²) in [7, 11) is 1.63. The molecule has 0 heterocycles. The van der Waals surface area contributed by atoms with Gasteiger partial charge in [-0.1, -0.05) is 6.07 Å². The molecule has 1 aromatic carbocycles. The Morgan fingerprint density at radius 3 is 2.67 bits per heavy atom. The zero-order chi connectivity index (χ0) is 11.4. The minimum atomic E-state index is -1.25. The topological polar surface area (TPSA) is 78.5 Å². The van der Waals surface area contributed by atoms with Crippen molar-refractivity contribution >= 4 is 5.69 Å². The van der Waals surface area contributed by atoms with Gasteiger partial charge in [0.2, 0.25) is 0 Å². The number of nitrogens with two attached hydrogens (primary N) is 1. The van der Waals surface area contributed by atoms with Gasteiger partial charge in [0.1, 0.15) is 11.9 Å². The Kier molecular flexibility index (Phi) is 4.02. The Hall–Kier alpha value is -1.17. The molecule has 5 N–H and O–H groups in total. The lowest BCUT2D eigenvalue weighted by Gasteiger charge is -2.18. The van der Waals surface area contributed by atoms with Gasteiger partial charge in [-0.3, -0.25) is 0 Å². The largest absolute Gasteiger partial charge is 0.399 e. The molecule has 84 valence electrons. The number of nitrogen functional groups attached to an aromatic ring is 1. The Labute approximate surface area is 87.5 Å². The first kappa shape index (κ1) is 11.9. The molecule has 0 saturated carbocycles. The SMILES string of the molecule is CNCC(O)C(O)c1ccc(N)cc1F. The minimum Gasteiger partial charge on any atom is -0.399 e. The molecular weight excluding hydrogens is 199 g/mol. The van der Waals surface area contributed by atoms with Gasteiger partial charge in [0.15, 0.2) is 0 Å². The minimum absolute atomic E-state index is 0.0481. The van der Waals surface area contributed by atoms with Crippen molar-refractivity contribution in [2.45, 2.75) is 12.2 Å². The molecule has 0 radical (unpaired) electrons. The Balaban J connectivity index is 2.86. The normalized spacial score (nSPS) is 14.9. The van der Waals surface area contributed by atoms with Gasteiger partial charge < -0.3 is 21.3 Å². The molecule has 2 atom stereocenters. The summed E-state index contributed by atoms with van der Waals surface area (Å²) in [6, 6.07) is 3.96. The molecule has 4 nitrogen and oxygen atoms in total. The highest BCUT2D eigenvalue weighted by Gasteiger charge is 2.20. The molecule has 0 fully saturated rings. The highest BCUT2D eigenvalue weighted by Crippen LogP contribution is 2.21. The van der Waals surface area contributed by atoms with Gasteiger partial charge >= 0.3 is 0 Å². The van der Waals surface area contributed by atoms with Crippen LogP contribution in [0.4, 0.5) is 10.1 Å². The molecule has 0 spiro atoms. The standard InChI is InChI=1S/C10H15FN2O2/c1-13-5-9(14)10(15)7-3-2-6(12)4-8(7)11/h2-4,9-10,13-15H,5,12H2,1H3. The molecule has 0 aliphatic heterocycles. The van der Waals surface area contributed by atoms with Crippen LogP contribution in [0, 0.1) is 5.82 Å². The van der Waals surface area contributed by atoms with E-state index in [4.69, 9.17) is 5.73 Å². The van der Waals surface area contributed by atoms with Crippen LogP contribution in [0.1, 0.15) is 11.7 Å². The van der Waals surface area contributed by atoms with E-state index in [1.54, 1.807) is 7.05 Å². The Morgan fingerprint density at radius 2 is 2.13 bits per heavy atom. The summed E-state index contributed by atoms with van der Waals surface area (Å²) in [5, 5.41) is 21.8. The van der Waals surface area contributed by atoms with Gasteiger partial charge in [-0.05, 0) is 19.2 Å². The number of halogens is 1. The third-order valence-electron chi connectivity index (χ3n) is 2.12. The smallest absolute Gasteiger partial charge is 0.131 e. The Bertz CT molecular complexity index is 333. The van der Waals surface area contributed by atoms with Crippen molar-refractivity contribution in [2.75, 3.05) is 19.3 Å². The molecule has 0 saturated heterocycles. The van der Waals surface area contributed by atoms with Crippen LogP contribution in [0.3, 0.4) is 0 Å². The predicted octanol–water partition coefficient (Wildman–Crippen LogP) is 0.0216. The maximum absolute atomic E-state index is 13.3. The van der Waals surface area contributed by atoms with E-state index in [-0.39, 0.29) is 17.8 Å². The predicted molar refractivity (Wildman–Crippen MR) is 55.7 cm³/mol. The lowest BCUT2D eigenvalue weighted by Crippen LogP contribution is -2.30. The van der Waals surface area contributed by atoms with Crippen LogP contribution in [0.15, 0.2) is 18.2 Å². The number of likely N-dealkylation sites (N-methyl/N-ethyl adjacent to an activating group) is 1. The van der Waals surface area contributed by atoms with Gasteiger partial charge in [0.05, 0.1) is 6.10 Å². The van der Waals surface area contributed by atoms with E-state index in [0.717, 1.165) is 6.07 Å². The van der Waals surface area contributed by atoms with Gasteiger partial charge in [-0.15, -0.1) is 0 Å². The molecule has 0 aromatic heterocycles. The van der Waals surface area contributed by atoms with Gasteiger partial charge in [-0.25, -0.2) is 4.39 Å². The summed E-state index contributed by atoms with van der Waals surface area (Å²) in [5.74, 6) is -0.613. The number of benzene rings is 1. The van der Waals surface area contributed by atoms with Gasteiger partial charge in [-0.2, -0.15) is 0 Å². The van der Waals surface area contributed by atoms with E-state index < -0.39 is 18.0 Å². The van der Waals surface area contributed by atoms with Crippen LogP contribution in [-0.2, 0) is 0 Å². The molecular formula is C10H15FN2O2. The van der Waals surface area contributed by atoms with Crippen molar-refractivity contribution in [3.05, 3.63) is 29.6 Å². The third kappa shape index (κ3) is 2.89. The van der Waals surface area contributed by atoms with Crippen molar-refractivity contribution in [1.82, 2.24) is 5.32 Å². The zero-order valence-electron chi connectivity index (χ0n) is 8.44. The first-order chi connectivity index (χ1) is 7.06. The number of aliphatic hydroxyl groups is 2. The quantitative estimate of drug-likeness (QED) is 0.533. The highest BCUT2D eigenvalue weighted by atomic mass is 19.1. The lowest BCUT2D eigenvalue weighted by atomic mass is 10.0. The summed E-state index contributed by atoms with van der Waals surface area (Å²) in [6.07, 6.45) is -2.30. The fraction of sp³-hybridized carbons (Fsp3) is 0.400. The molecule has 5 heteroatoms. The third-order valence-corrected chi connectivity index (χ3v) is 2.12. The molecule has 2 unspecified atom stereocenters. The molecule has 1 rings (SSSR count). The fourth-order valence-electron chi connectivity index (χ4n) is 1.31. The van der Waals surface area contributed by atoms with E-state index in [1.165, 1.54) is 12.1 Å². The zero-order valence-corrected chi connectivity index (χ0v) is 8.44. The monoisotopic (exact) mass is 214 g/mol. The summed E-state index contributed by atoms with van der Waals surface area (Å²) < 4.78 is 13.3. The van der Waals surface area contributed by atoms with Crippen molar-refractivity contribution in [3.63, 3.8) is 0 Å². The van der Waals surface area contributed by atoms with Crippen molar-refractivity contribution < 1.29 is 14.6 Å². The fourth-order valence-corrected chi connectivity index (χ4v) is 1.31. The summed E-state index contributed by atoms with van der Waals surface area (Å²) in [5.41, 5.74) is 5.70. The summed E-state index contributed by atoms with van der Waals surface area (Å²) in [4.78, 5) is 0. The van der Waals surface area contributed by atoms with Gasteiger partial charge in [0, 0.05) is 17.8 Å². The number of anilines is 1. The maximum atomic E-state index is 13.3. The molecule has 15 heavy (non-hydrogen) atoms. The number of rotatable bonds is 4.